The molecule has 0 atom stereocenters. The van der Waals surface area contributed by atoms with Gasteiger partial charge in [-0.05, 0) is 36.8 Å². The minimum absolute atomic E-state index is 0.127. The molecule has 0 spiro atoms. The Kier molecular flexibility index (Phi) is 6.13. The Balaban J connectivity index is 1.66. The Morgan fingerprint density at radius 2 is 1.81 bits per heavy atom. The summed E-state index contributed by atoms with van der Waals surface area (Å²) in [6, 6.07) is 15.3. The van der Waals surface area contributed by atoms with Crippen LogP contribution in [0.5, 0.6) is 0 Å². The van der Waals surface area contributed by atoms with Crippen molar-refractivity contribution < 1.29 is 14.3 Å². The fourth-order valence-corrected chi connectivity index (χ4v) is 3.69. The zero-order valence-corrected chi connectivity index (χ0v) is 17.6. The van der Waals surface area contributed by atoms with Gasteiger partial charge in [0.05, 0.1) is 12.3 Å². The van der Waals surface area contributed by atoms with Gasteiger partial charge in [0.25, 0.3) is 5.56 Å². The predicted molar refractivity (Wildman–Crippen MR) is 118 cm³/mol. The molecule has 7 nitrogen and oxygen atoms in total. The predicted octanol–water partition coefficient (Wildman–Crippen LogP) is 2.84. The van der Waals surface area contributed by atoms with Crippen molar-refractivity contribution in [3.63, 3.8) is 0 Å². The van der Waals surface area contributed by atoms with E-state index in [-0.39, 0.29) is 23.8 Å². The van der Waals surface area contributed by atoms with Crippen LogP contribution in [0.3, 0.4) is 0 Å². The molecule has 0 aliphatic rings. The highest BCUT2D eigenvalue weighted by Gasteiger charge is 2.20. The largest absolute Gasteiger partial charge is 0.392 e. The van der Waals surface area contributed by atoms with Crippen LogP contribution in [0.1, 0.15) is 18.1 Å². The average molecular weight is 434 g/mol. The summed E-state index contributed by atoms with van der Waals surface area (Å²) in [6.45, 7) is 2.31. The molecule has 4 rings (SSSR count). The molecule has 0 aliphatic carbocycles. The smallest absolute Gasteiger partial charge is 0.277 e. The van der Waals surface area contributed by atoms with E-state index in [1.807, 2.05) is 37.3 Å². The van der Waals surface area contributed by atoms with E-state index >= 15 is 0 Å². The van der Waals surface area contributed by atoms with E-state index in [1.54, 1.807) is 23.2 Å². The van der Waals surface area contributed by atoms with Crippen molar-refractivity contribution in [3.8, 4) is 11.3 Å². The molecule has 0 saturated carbocycles. The van der Waals surface area contributed by atoms with Crippen molar-refractivity contribution in [2.75, 3.05) is 6.54 Å². The molecule has 2 aromatic carbocycles. The fraction of sp³-hybridized carbons (Fsp3) is 0.208. The number of likely N-dealkylation sites (N-methyl/N-ethyl adjacent to an activating group) is 1. The topological polar surface area (TPSA) is 79.8 Å². The van der Waals surface area contributed by atoms with E-state index in [9.17, 15) is 19.1 Å². The molecular formula is C24H23FN4O3. The average Bonchev–Trinajstić information content (AvgIpc) is 3.19. The quantitative estimate of drug-likeness (QED) is 0.485. The van der Waals surface area contributed by atoms with Crippen LogP contribution in [-0.4, -0.2) is 36.6 Å². The second-order valence-electron chi connectivity index (χ2n) is 7.41. The second-order valence-corrected chi connectivity index (χ2v) is 7.41. The summed E-state index contributed by atoms with van der Waals surface area (Å²) in [5.74, 6) is -0.577. The lowest BCUT2D eigenvalue weighted by Crippen LogP contribution is -2.36. The summed E-state index contributed by atoms with van der Waals surface area (Å²) >= 11 is 0. The molecule has 164 valence electrons. The molecule has 8 heteroatoms. The van der Waals surface area contributed by atoms with Crippen LogP contribution in [0.2, 0.25) is 0 Å². The van der Waals surface area contributed by atoms with E-state index in [4.69, 9.17) is 0 Å². The third-order valence-electron chi connectivity index (χ3n) is 5.39. The van der Waals surface area contributed by atoms with Gasteiger partial charge < -0.3 is 14.6 Å². The van der Waals surface area contributed by atoms with Gasteiger partial charge in [-0.3, -0.25) is 9.59 Å². The van der Waals surface area contributed by atoms with Crippen molar-refractivity contribution in [2.45, 2.75) is 26.6 Å². The lowest BCUT2D eigenvalue weighted by atomic mass is 10.1. The van der Waals surface area contributed by atoms with E-state index in [0.29, 0.717) is 29.9 Å². The normalized spacial score (nSPS) is 11.1. The number of hydrogen-bond acceptors (Lipinski definition) is 4. The number of fused-ring (bicyclic) bond motifs is 1. The molecule has 1 N–H and O–H groups in total. The number of rotatable bonds is 7. The minimum Gasteiger partial charge on any atom is -0.392 e. The second kappa shape index (κ2) is 9.15. The summed E-state index contributed by atoms with van der Waals surface area (Å²) < 4.78 is 16.0. The molecule has 1 amide bonds. The number of amides is 1. The first-order valence-corrected chi connectivity index (χ1v) is 10.3. The van der Waals surface area contributed by atoms with Crippen molar-refractivity contribution in [3.05, 3.63) is 94.3 Å². The summed E-state index contributed by atoms with van der Waals surface area (Å²) in [7, 11) is 0. The van der Waals surface area contributed by atoms with Crippen LogP contribution in [0.15, 0.2) is 71.8 Å². The summed E-state index contributed by atoms with van der Waals surface area (Å²) in [5, 5.41) is 14.4. The molecular weight excluding hydrogens is 411 g/mol. The number of benzene rings is 2. The van der Waals surface area contributed by atoms with Gasteiger partial charge >= 0.3 is 0 Å². The van der Waals surface area contributed by atoms with Gasteiger partial charge in [0, 0.05) is 36.6 Å². The zero-order valence-electron chi connectivity index (χ0n) is 17.6. The Morgan fingerprint density at radius 1 is 1.09 bits per heavy atom. The van der Waals surface area contributed by atoms with Gasteiger partial charge in [0.2, 0.25) is 5.91 Å². The molecule has 2 aromatic heterocycles. The monoisotopic (exact) mass is 434 g/mol. The number of carbonyl (C=O) groups excluding carboxylic acids is 1. The van der Waals surface area contributed by atoms with E-state index in [0.717, 1.165) is 5.56 Å². The van der Waals surface area contributed by atoms with Gasteiger partial charge in [0.15, 0.2) is 0 Å². The molecule has 0 bridgehead atoms. The molecule has 0 radical (unpaired) electrons. The molecule has 0 saturated heterocycles. The Morgan fingerprint density at radius 3 is 2.47 bits per heavy atom. The van der Waals surface area contributed by atoms with Crippen molar-refractivity contribution >= 4 is 11.4 Å². The number of aromatic nitrogens is 3. The van der Waals surface area contributed by atoms with Crippen LogP contribution in [0.25, 0.3) is 16.8 Å². The highest BCUT2D eigenvalue weighted by Crippen LogP contribution is 2.25. The fourth-order valence-electron chi connectivity index (χ4n) is 3.69. The number of halogens is 1. The van der Waals surface area contributed by atoms with E-state index < -0.39 is 12.2 Å². The SMILES string of the molecule is CCN(Cc1ccccc1)C(=O)Cn1ccn2nc(-c3ccc(F)cc3)c(CO)c2c1=O. The number of carbonyl (C=O) groups is 1. The van der Waals surface area contributed by atoms with Gasteiger partial charge in [-0.15, -0.1) is 0 Å². The van der Waals surface area contributed by atoms with E-state index in [1.165, 1.54) is 27.4 Å². The van der Waals surface area contributed by atoms with E-state index in [2.05, 4.69) is 5.10 Å². The minimum atomic E-state index is -0.429. The molecule has 0 fully saturated rings. The zero-order chi connectivity index (χ0) is 22.7. The maximum Gasteiger partial charge on any atom is 0.277 e. The third-order valence-corrected chi connectivity index (χ3v) is 5.39. The van der Waals surface area contributed by atoms with Crippen LogP contribution in [0, 0.1) is 5.82 Å². The molecule has 32 heavy (non-hydrogen) atoms. The van der Waals surface area contributed by atoms with Crippen molar-refractivity contribution in [2.24, 2.45) is 0 Å². The highest BCUT2D eigenvalue weighted by molar-refractivity contribution is 5.76. The lowest BCUT2D eigenvalue weighted by Gasteiger charge is -2.21. The van der Waals surface area contributed by atoms with Gasteiger partial charge in [-0.25, -0.2) is 8.91 Å². The lowest BCUT2D eigenvalue weighted by molar-refractivity contribution is -0.132. The first-order valence-electron chi connectivity index (χ1n) is 10.3. The van der Waals surface area contributed by atoms with Crippen LogP contribution in [-0.2, 0) is 24.5 Å². The molecule has 0 aliphatic heterocycles. The first-order chi connectivity index (χ1) is 15.5. The molecule has 0 unspecified atom stereocenters. The van der Waals surface area contributed by atoms with Crippen molar-refractivity contribution in [1.82, 2.24) is 19.1 Å². The van der Waals surface area contributed by atoms with Gasteiger partial charge in [-0.1, -0.05) is 30.3 Å². The molecule has 2 heterocycles. The number of hydrogen-bond donors (Lipinski definition) is 1. The summed E-state index contributed by atoms with van der Waals surface area (Å²) in [4.78, 5) is 27.8. The Labute approximate surface area is 184 Å². The number of aliphatic hydroxyl groups excluding tert-OH is 1. The molecule has 4 aromatic rings. The standard InChI is InChI=1S/C24H23FN4O3/c1-2-27(14-17-6-4-3-5-7-17)21(31)15-28-12-13-29-23(24(28)32)20(16-30)22(26-29)18-8-10-19(25)11-9-18/h3-13,30H,2,14-16H2,1H3. The number of nitrogens with zero attached hydrogens (tertiary/aromatic N) is 4. The van der Waals surface area contributed by atoms with Crippen LogP contribution < -0.4 is 5.56 Å². The van der Waals surface area contributed by atoms with Crippen molar-refractivity contribution in [1.29, 1.82) is 0 Å². The van der Waals surface area contributed by atoms with Gasteiger partial charge in [-0.2, -0.15) is 5.10 Å². The Bertz CT molecular complexity index is 1300. The van der Waals surface area contributed by atoms with Crippen LogP contribution in [0.4, 0.5) is 4.39 Å². The Hall–Kier alpha value is -3.78. The summed E-state index contributed by atoms with van der Waals surface area (Å²) in [6.07, 6.45) is 3.08. The third kappa shape index (κ3) is 4.17. The number of aliphatic hydroxyl groups is 1. The first kappa shape index (κ1) is 21.5. The van der Waals surface area contributed by atoms with Crippen LogP contribution >= 0.6 is 0 Å². The summed E-state index contributed by atoms with van der Waals surface area (Å²) in [5.41, 5.74) is 2.08. The maximum absolute atomic E-state index is 13.3. The highest BCUT2D eigenvalue weighted by atomic mass is 19.1. The van der Waals surface area contributed by atoms with Gasteiger partial charge in [0.1, 0.15) is 17.9 Å². The maximum atomic E-state index is 13.3.